The molecular weight excluding hydrogens is 445 g/mol. The summed E-state index contributed by atoms with van der Waals surface area (Å²) in [6.45, 7) is 2.20. The van der Waals surface area contributed by atoms with E-state index in [2.05, 4.69) is 25.6 Å². The third-order valence-electron chi connectivity index (χ3n) is 5.36. The van der Waals surface area contributed by atoms with Crippen LogP contribution in [0.15, 0.2) is 73.1 Å². The number of benzene rings is 2. The van der Waals surface area contributed by atoms with Crippen LogP contribution in [-0.2, 0) is 6.54 Å². The van der Waals surface area contributed by atoms with E-state index in [4.69, 9.17) is 5.73 Å². The van der Waals surface area contributed by atoms with Gasteiger partial charge in [0.1, 0.15) is 17.7 Å². The zero-order valence-corrected chi connectivity index (χ0v) is 18.9. The van der Waals surface area contributed by atoms with Crippen LogP contribution in [0.3, 0.4) is 0 Å². The highest BCUT2D eigenvalue weighted by atomic mass is 19.1. The van der Waals surface area contributed by atoms with Crippen molar-refractivity contribution in [3.63, 3.8) is 0 Å². The standard InChI is InChI=1S/C26H22FN7O/c1-16(19-6-8-21(27)9-7-19)33-25(35)22-12-18(13-28)15-32-24(22)31-14-17-2-4-20(5-3-17)23-10-11-30-26(29)34-23/h2-12,15-16H,14H2,1H3,(H,31,32)(H,33,35)(H2,29,30,34)/t16-/m0/s1. The van der Waals surface area contributed by atoms with Gasteiger partial charge in [-0.2, -0.15) is 5.26 Å². The summed E-state index contributed by atoms with van der Waals surface area (Å²) < 4.78 is 13.2. The molecule has 9 heteroatoms. The molecule has 4 aromatic rings. The molecule has 0 aliphatic heterocycles. The highest BCUT2D eigenvalue weighted by Gasteiger charge is 2.17. The van der Waals surface area contributed by atoms with Gasteiger partial charge in [-0.1, -0.05) is 36.4 Å². The van der Waals surface area contributed by atoms with Gasteiger partial charge in [-0.3, -0.25) is 4.79 Å². The lowest BCUT2D eigenvalue weighted by Crippen LogP contribution is -2.28. The van der Waals surface area contributed by atoms with Crippen LogP contribution < -0.4 is 16.4 Å². The van der Waals surface area contributed by atoms with Crippen LogP contribution in [0.1, 0.15) is 40.0 Å². The van der Waals surface area contributed by atoms with E-state index in [1.54, 1.807) is 31.3 Å². The number of anilines is 2. The average Bonchev–Trinajstić information content (AvgIpc) is 2.88. The smallest absolute Gasteiger partial charge is 0.255 e. The molecule has 4 rings (SSSR count). The number of rotatable bonds is 7. The molecule has 0 aliphatic carbocycles. The topological polar surface area (TPSA) is 130 Å². The maximum Gasteiger partial charge on any atom is 0.255 e. The lowest BCUT2D eigenvalue weighted by Gasteiger charge is -2.16. The van der Waals surface area contributed by atoms with Gasteiger partial charge >= 0.3 is 0 Å². The van der Waals surface area contributed by atoms with Crippen LogP contribution in [0.4, 0.5) is 16.2 Å². The maximum atomic E-state index is 13.2. The summed E-state index contributed by atoms with van der Waals surface area (Å²) in [7, 11) is 0. The number of carbonyl (C=O) groups is 1. The predicted octanol–water partition coefficient (Wildman–Crippen LogP) is 4.23. The monoisotopic (exact) mass is 467 g/mol. The summed E-state index contributed by atoms with van der Waals surface area (Å²) in [5, 5.41) is 15.3. The lowest BCUT2D eigenvalue weighted by molar-refractivity contribution is 0.0940. The SMILES string of the molecule is C[C@H](NC(=O)c1cc(C#N)cnc1NCc1ccc(-c2ccnc(N)n2)cc1)c1ccc(F)cc1. The molecule has 0 spiro atoms. The Morgan fingerprint density at radius 3 is 2.54 bits per heavy atom. The minimum atomic E-state index is -0.398. The van der Waals surface area contributed by atoms with E-state index in [0.29, 0.717) is 12.4 Å². The quantitative estimate of drug-likeness (QED) is 0.371. The number of halogens is 1. The summed E-state index contributed by atoms with van der Waals surface area (Å²) in [4.78, 5) is 25.4. The van der Waals surface area contributed by atoms with Gasteiger partial charge in [0, 0.05) is 24.5 Å². The molecule has 2 heterocycles. The molecule has 1 atom stereocenters. The van der Waals surface area contributed by atoms with Crippen molar-refractivity contribution in [1.29, 1.82) is 5.26 Å². The first-order valence-corrected chi connectivity index (χ1v) is 10.8. The predicted molar refractivity (Wildman–Crippen MR) is 130 cm³/mol. The molecule has 2 aromatic heterocycles. The fraction of sp³-hybridized carbons (Fsp3) is 0.115. The summed E-state index contributed by atoms with van der Waals surface area (Å²) in [5.74, 6) is -0.190. The van der Waals surface area contributed by atoms with Crippen LogP contribution in [0, 0.1) is 17.1 Å². The zero-order chi connectivity index (χ0) is 24.8. The number of nitriles is 1. The first-order chi connectivity index (χ1) is 16.9. The number of carbonyl (C=O) groups excluding carboxylic acids is 1. The van der Waals surface area contributed by atoms with Crippen LogP contribution in [0.25, 0.3) is 11.3 Å². The van der Waals surface area contributed by atoms with E-state index in [1.807, 2.05) is 30.3 Å². The number of nitrogens with two attached hydrogens (primary N) is 1. The van der Waals surface area contributed by atoms with Crippen molar-refractivity contribution in [1.82, 2.24) is 20.3 Å². The van der Waals surface area contributed by atoms with Crippen LogP contribution in [-0.4, -0.2) is 20.9 Å². The van der Waals surface area contributed by atoms with E-state index in [-0.39, 0.29) is 28.9 Å². The van der Waals surface area contributed by atoms with E-state index in [0.717, 1.165) is 22.4 Å². The molecule has 0 radical (unpaired) electrons. The Balaban J connectivity index is 1.48. The van der Waals surface area contributed by atoms with Crippen molar-refractivity contribution in [3.05, 3.63) is 101 Å². The number of nitrogens with one attached hydrogen (secondary N) is 2. The van der Waals surface area contributed by atoms with Gasteiger partial charge in [0.15, 0.2) is 0 Å². The Kier molecular flexibility index (Phi) is 6.93. The average molecular weight is 468 g/mol. The lowest BCUT2D eigenvalue weighted by atomic mass is 10.1. The second-order valence-corrected chi connectivity index (χ2v) is 7.83. The first-order valence-electron chi connectivity index (χ1n) is 10.8. The molecule has 0 unspecified atom stereocenters. The first kappa shape index (κ1) is 23.3. The summed E-state index contributed by atoms with van der Waals surface area (Å²) >= 11 is 0. The fourth-order valence-electron chi connectivity index (χ4n) is 3.46. The van der Waals surface area contributed by atoms with E-state index < -0.39 is 5.91 Å². The van der Waals surface area contributed by atoms with Gasteiger partial charge in [-0.15, -0.1) is 0 Å². The zero-order valence-electron chi connectivity index (χ0n) is 18.9. The minimum Gasteiger partial charge on any atom is -0.368 e. The highest BCUT2D eigenvalue weighted by molar-refractivity contribution is 5.99. The van der Waals surface area contributed by atoms with Gasteiger partial charge < -0.3 is 16.4 Å². The minimum absolute atomic E-state index is 0.208. The van der Waals surface area contributed by atoms with Crippen molar-refractivity contribution < 1.29 is 9.18 Å². The van der Waals surface area contributed by atoms with Crippen molar-refractivity contribution in [3.8, 4) is 17.3 Å². The number of pyridine rings is 1. The highest BCUT2D eigenvalue weighted by Crippen LogP contribution is 2.21. The van der Waals surface area contributed by atoms with E-state index in [9.17, 15) is 14.4 Å². The van der Waals surface area contributed by atoms with Crippen LogP contribution >= 0.6 is 0 Å². The molecule has 0 aliphatic rings. The molecular formula is C26H22FN7O. The van der Waals surface area contributed by atoms with Crippen molar-refractivity contribution in [2.24, 2.45) is 0 Å². The largest absolute Gasteiger partial charge is 0.368 e. The van der Waals surface area contributed by atoms with Gasteiger partial charge in [-0.05, 0) is 42.3 Å². The number of hydrogen-bond donors (Lipinski definition) is 3. The number of hydrogen-bond acceptors (Lipinski definition) is 7. The molecule has 0 fully saturated rings. The second-order valence-electron chi connectivity index (χ2n) is 7.83. The second kappa shape index (κ2) is 10.4. The molecule has 4 N–H and O–H groups in total. The molecule has 35 heavy (non-hydrogen) atoms. The Labute approximate surface area is 201 Å². The van der Waals surface area contributed by atoms with E-state index in [1.165, 1.54) is 24.4 Å². The number of nitrogens with zero attached hydrogens (tertiary/aromatic N) is 4. The number of nitrogen functional groups attached to an aromatic ring is 1. The van der Waals surface area contributed by atoms with Gasteiger partial charge in [0.25, 0.3) is 5.91 Å². The van der Waals surface area contributed by atoms with E-state index >= 15 is 0 Å². The van der Waals surface area contributed by atoms with Crippen molar-refractivity contribution in [2.75, 3.05) is 11.1 Å². The molecule has 1 amide bonds. The fourth-order valence-corrected chi connectivity index (χ4v) is 3.46. The normalized spacial score (nSPS) is 11.3. The molecule has 2 aromatic carbocycles. The van der Waals surface area contributed by atoms with Gasteiger partial charge in [-0.25, -0.2) is 19.3 Å². The third kappa shape index (κ3) is 5.75. The summed E-state index contributed by atoms with van der Waals surface area (Å²) in [6, 6.07) is 18.5. The van der Waals surface area contributed by atoms with Gasteiger partial charge in [0.2, 0.25) is 5.95 Å². The molecule has 0 bridgehead atoms. The molecule has 174 valence electrons. The van der Waals surface area contributed by atoms with Crippen LogP contribution in [0.5, 0.6) is 0 Å². The van der Waals surface area contributed by atoms with Gasteiger partial charge in [0.05, 0.1) is 22.9 Å². The molecule has 0 saturated carbocycles. The maximum absolute atomic E-state index is 13.2. The summed E-state index contributed by atoms with van der Waals surface area (Å²) in [6.07, 6.45) is 3.01. The molecule has 0 saturated heterocycles. The van der Waals surface area contributed by atoms with Crippen molar-refractivity contribution in [2.45, 2.75) is 19.5 Å². The summed E-state index contributed by atoms with van der Waals surface area (Å²) in [5.41, 5.74) is 9.49. The van der Waals surface area contributed by atoms with Crippen molar-refractivity contribution >= 4 is 17.7 Å². The Hall–Kier alpha value is -4.84. The van der Waals surface area contributed by atoms with Crippen LogP contribution in [0.2, 0.25) is 0 Å². The molecule has 8 nitrogen and oxygen atoms in total. The third-order valence-corrected chi connectivity index (χ3v) is 5.36. The Morgan fingerprint density at radius 2 is 1.86 bits per heavy atom. The Morgan fingerprint density at radius 1 is 1.11 bits per heavy atom. The number of aromatic nitrogens is 3. The Bertz CT molecular complexity index is 1380. The number of amides is 1.